The lowest BCUT2D eigenvalue weighted by Gasteiger charge is -2.18. The van der Waals surface area contributed by atoms with Gasteiger partial charge < -0.3 is 0 Å². The summed E-state index contributed by atoms with van der Waals surface area (Å²) in [5.41, 5.74) is 1.19. The maximum atomic E-state index is 10.6. The lowest BCUT2D eigenvalue weighted by atomic mass is 9.91. The Hall–Kier alpha value is -1.34. The zero-order chi connectivity index (χ0) is 10.7. The zero-order valence-corrected chi connectivity index (χ0v) is 8.82. The van der Waals surface area contributed by atoms with Gasteiger partial charge >= 0.3 is 0 Å². The Balaban J connectivity index is 2.22. The summed E-state index contributed by atoms with van der Waals surface area (Å²) in [6.07, 6.45) is 9.00. The Morgan fingerprint density at radius 2 is 1.73 bits per heavy atom. The quantitative estimate of drug-likeness (QED) is 0.550. The monoisotopic (exact) mass is 217 g/mol. The fourth-order valence-corrected chi connectivity index (χ4v) is 1.72. The molecule has 1 aromatic carbocycles. The van der Waals surface area contributed by atoms with Gasteiger partial charge in [0.1, 0.15) is 4.87 Å². The molecular weight excluding hydrogens is 208 g/mol. The van der Waals surface area contributed by atoms with Crippen molar-refractivity contribution < 1.29 is 4.79 Å². The highest BCUT2D eigenvalue weighted by atomic mass is 35.5. The van der Waals surface area contributed by atoms with Crippen LogP contribution in [-0.2, 0) is 4.79 Å². The van der Waals surface area contributed by atoms with Crippen molar-refractivity contribution in [1.29, 1.82) is 0 Å². The fraction of sp³-hybridized carbons (Fsp3) is 0.154. The Morgan fingerprint density at radius 1 is 1.13 bits per heavy atom. The minimum atomic E-state index is -1.06. The van der Waals surface area contributed by atoms with Gasteiger partial charge in [0.15, 0.2) is 0 Å². The number of carbonyl (C=O) groups excluding carboxylic acids is 1. The van der Waals surface area contributed by atoms with Crippen molar-refractivity contribution in [3.05, 3.63) is 60.2 Å². The van der Waals surface area contributed by atoms with Crippen LogP contribution in [-0.4, -0.2) is 11.2 Å². The summed E-state index contributed by atoms with van der Waals surface area (Å²) in [6, 6.07) is 10.1. The molecule has 0 heterocycles. The predicted molar refractivity (Wildman–Crippen MR) is 61.7 cm³/mol. The van der Waals surface area contributed by atoms with Crippen LogP contribution >= 0.6 is 11.6 Å². The molecule has 2 rings (SSSR count). The van der Waals surface area contributed by atoms with E-state index in [1.165, 1.54) is 5.56 Å². The van der Waals surface area contributed by atoms with E-state index in [0.29, 0.717) is 0 Å². The summed E-state index contributed by atoms with van der Waals surface area (Å²) in [6.45, 7) is 0. The van der Waals surface area contributed by atoms with Crippen molar-refractivity contribution in [3.8, 4) is 0 Å². The number of benzene rings is 1. The van der Waals surface area contributed by atoms with Crippen LogP contribution in [0.2, 0.25) is 0 Å². The van der Waals surface area contributed by atoms with Crippen molar-refractivity contribution in [2.75, 3.05) is 0 Å². The number of alkyl halides is 1. The summed E-state index contributed by atoms with van der Waals surface area (Å²) in [7, 11) is 0. The van der Waals surface area contributed by atoms with Crippen LogP contribution < -0.4 is 0 Å². The molecule has 1 nitrogen and oxygen atoms in total. The fourth-order valence-electron chi connectivity index (χ4n) is 1.57. The van der Waals surface area contributed by atoms with Gasteiger partial charge in [-0.05, 0) is 5.56 Å². The standard InChI is InChI=1S/C13H10ClO/c14-13(10-15)8-6-12(7-9-13)11-4-2-1-3-5-11/h1-9,12H. The maximum Gasteiger partial charge on any atom is 0.229 e. The van der Waals surface area contributed by atoms with Crippen LogP contribution in [0, 0.1) is 0 Å². The molecule has 0 bridgehead atoms. The zero-order valence-electron chi connectivity index (χ0n) is 8.06. The van der Waals surface area contributed by atoms with E-state index < -0.39 is 4.87 Å². The third-order valence-electron chi connectivity index (χ3n) is 2.43. The SMILES string of the molecule is O=[C]C1(Cl)C=CC(c2ccccc2)C=C1. The molecule has 0 spiro atoms. The van der Waals surface area contributed by atoms with E-state index in [0.717, 1.165) is 0 Å². The van der Waals surface area contributed by atoms with Gasteiger partial charge in [0.25, 0.3) is 0 Å². The molecule has 75 valence electrons. The Bertz CT molecular complexity index is 392. The third-order valence-corrected chi connectivity index (χ3v) is 2.76. The minimum absolute atomic E-state index is 0.200. The van der Waals surface area contributed by atoms with Crippen LogP contribution in [0.25, 0.3) is 0 Å². The van der Waals surface area contributed by atoms with Gasteiger partial charge in [-0.1, -0.05) is 54.6 Å². The number of rotatable bonds is 2. The smallest absolute Gasteiger partial charge is 0.229 e. The minimum Gasteiger partial charge on any atom is -0.288 e. The van der Waals surface area contributed by atoms with Crippen molar-refractivity contribution in [2.24, 2.45) is 0 Å². The van der Waals surface area contributed by atoms with E-state index in [9.17, 15) is 4.79 Å². The van der Waals surface area contributed by atoms with Crippen LogP contribution in [0.5, 0.6) is 0 Å². The second-order valence-corrected chi connectivity index (χ2v) is 4.15. The molecule has 15 heavy (non-hydrogen) atoms. The van der Waals surface area contributed by atoms with Crippen LogP contribution in [0.4, 0.5) is 0 Å². The highest BCUT2D eigenvalue weighted by Crippen LogP contribution is 2.28. The Kier molecular flexibility index (Phi) is 2.74. The first-order valence-electron chi connectivity index (χ1n) is 4.75. The topological polar surface area (TPSA) is 17.1 Å². The molecule has 2 heteroatoms. The van der Waals surface area contributed by atoms with Gasteiger partial charge in [-0.3, -0.25) is 4.79 Å². The summed E-state index contributed by atoms with van der Waals surface area (Å²) in [5, 5.41) is 0. The highest BCUT2D eigenvalue weighted by molar-refractivity contribution is 6.34. The van der Waals surface area contributed by atoms with Gasteiger partial charge in [-0.2, -0.15) is 0 Å². The average molecular weight is 218 g/mol. The van der Waals surface area contributed by atoms with Crippen molar-refractivity contribution in [1.82, 2.24) is 0 Å². The summed E-state index contributed by atoms with van der Waals surface area (Å²) < 4.78 is 0. The largest absolute Gasteiger partial charge is 0.288 e. The molecule has 0 amide bonds. The normalized spacial score (nSPS) is 29.0. The molecule has 0 unspecified atom stereocenters. The van der Waals surface area contributed by atoms with Crippen LogP contribution in [0.15, 0.2) is 54.6 Å². The second kappa shape index (κ2) is 4.03. The Labute approximate surface area is 94.1 Å². The van der Waals surface area contributed by atoms with E-state index in [2.05, 4.69) is 0 Å². The molecule has 0 saturated heterocycles. The first kappa shape index (κ1) is 10.2. The molecule has 0 N–H and O–H groups in total. The molecular formula is C13H10ClO. The van der Waals surface area contributed by atoms with E-state index in [1.807, 2.05) is 42.5 Å². The first-order chi connectivity index (χ1) is 7.23. The molecule has 1 aliphatic carbocycles. The molecule has 0 aliphatic heterocycles. The van der Waals surface area contributed by atoms with Crippen LogP contribution in [0.3, 0.4) is 0 Å². The molecule has 0 aromatic heterocycles. The molecule has 1 aliphatic rings. The summed E-state index contributed by atoms with van der Waals surface area (Å²) in [4.78, 5) is 9.50. The number of hydrogen-bond acceptors (Lipinski definition) is 1. The molecule has 0 saturated carbocycles. The second-order valence-electron chi connectivity index (χ2n) is 3.52. The predicted octanol–water partition coefficient (Wildman–Crippen LogP) is 2.98. The van der Waals surface area contributed by atoms with Gasteiger partial charge in [0.2, 0.25) is 6.29 Å². The van der Waals surface area contributed by atoms with E-state index in [4.69, 9.17) is 11.6 Å². The number of halogens is 1. The summed E-state index contributed by atoms with van der Waals surface area (Å²) >= 11 is 5.92. The van der Waals surface area contributed by atoms with Crippen molar-refractivity contribution in [2.45, 2.75) is 10.8 Å². The van der Waals surface area contributed by atoms with Gasteiger partial charge in [-0.25, -0.2) is 0 Å². The van der Waals surface area contributed by atoms with Gasteiger partial charge in [-0.15, -0.1) is 11.6 Å². The van der Waals surface area contributed by atoms with Crippen molar-refractivity contribution >= 4 is 17.9 Å². The average Bonchev–Trinajstić information content (AvgIpc) is 2.31. The van der Waals surface area contributed by atoms with E-state index >= 15 is 0 Å². The molecule has 1 aromatic rings. The van der Waals surface area contributed by atoms with Crippen molar-refractivity contribution in [3.63, 3.8) is 0 Å². The first-order valence-corrected chi connectivity index (χ1v) is 5.13. The number of allylic oxidation sites excluding steroid dienone is 4. The van der Waals surface area contributed by atoms with Gasteiger partial charge in [0, 0.05) is 5.92 Å². The lowest BCUT2D eigenvalue weighted by Crippen LogP contribution is -2.19. The van der Waals surface area contributed by atoms with Gasteiger partial charge in [0.05, 0.1) is 0 Å². The molecule has 1 radical (unpaired) electrons. The molecule has 0 fully saturated rings. The van der Waals surface area contributed by atoms with E-state index in [-0.39, 0.29) is 5.92 Å². The van der Waals surface area contributed by atoms with Crippen LogP contribution in [0.1, 0.15) is 11.5 Å². The van der Waals surface area contributed by atoms with E-state index in [1.54, 1.807) is 18.4 Å². The number of hydrogen-bond donors (Lipinski definition) is 0. The Morgan fingerprint density at radius 3 is 2.27 bits per heavy atom. The maximum absolute atomic E-state index is 10.6. The summed E-state index contributed by atoms with van der Waals surface area (Å²) in [5.74, 6) is 0.200. The third kappa shape index (κ3) is 2.18. The highest BCUT2D eigenvalue weighted by Gasteiger charge is 2.24. The molecule has 0 atom stereocenters. The lowest BCUT2D eigenvalue weighted by molar-refractivity contribution is 0.550.